The molecule has 1 aromatic rings. The summed E-state index contributed by atoms with van der Waals surface area (Å²) in [5, 5.41) is 11.5. The molecule has 116 valence electrons. The molecule has 2 rings (SSSR count). The zero-order chi connectivity index (χ0) is 15.3. The summed E-state index contributed by atoms with van der Waals surface area (Å²) in [6.45, 7) is 2.07. The number of aryl methyl sites for hydroxylation is 1. The summed E-state index contributed by atoms with van der Waals surface area (Å²) in [4.78, 5) is 0. The molecule has 0 heterocycles. The van der Waals surface area contributed by atoms with Gasteiger partial charge in [0.1, 0.15) is 0 Å². The van der Waals surface area contributed by atoms with Crippen molar-refractivity contribution in [3.8, 4) is 0 Å². The van der Waals surface area contributed by atoms with E-state index in [0.29, 0.717) is 12.8 Å². The number of sulfonamides is 1. The predicted molar refractivity (Wildman–Crippen MR) is 85.2 cm³/mol. The highest BCUT2D eigenvalue weighted by Crippen LogP contribution is 2.27. The molecule has 2 N–H and O–H groups in total. The van der Waals surface area contributed by atoms with Crippen molar-refractivity contribution in [1.82, 2.24) is 4.72 Å². The molecule has 1 saturated carbocycles. The predicted octanol–water partition coefficient (Wildman–Crippen LogP) is 2.58. The highest BCUT2D eigenvalue weighted by Gasteiger charge is 2.29. The van der Waals surface area contributed by atoms with Crippen LogP contribution in [-0.2, 0) is 10.0 Å². The maximum Gasteiger partial charge on any atom is 0.233 e. The van der Waals surface area contributed by atoms with E-state index in [-0.39, 0.29) is 6.54 Å². The van der Waals surface area contributed by atoms with Crippen molar-refractivity contribution in [3.63, 3.8) is 0 Å². The molecule has 21 heavy (non-hydrogen) atoms. The van der Waals surface area contributed by atoms with Gasteiger partial charge in [0.05, 0.1) is 5.60 Å². The minimum Gasteiger partial charge on any atom is -0.389 e. The van der Waals surface area contributed by atoms with Gasteiger partial charge in [-0.05, 0) is 31.4 Å². The molecule has 4 nitrogen and oxygen atoms in total. The zero-order valence-corrected chi connectivity index (χ0v) is 13.2. The van der Waals surface area contributed by atoms with Gasteiger partial charge in [-0.2, -0.15) is 0 Å². The lowest BCUT2D eigenvalue weighted by Gasteiger charge is -2.31. The number of rotatable bonds is 5. The molecule has 0 atom stereocenters. The van der Waals surface area contributed by atoms with Gasteiger partial charge in [-0.15, -0.1) is 0 Å². The van der Waals surface area contributed by atoms with Crippen LogP contribution in [0.1, 0.15) is 43.2 Å². The Bertz CT molecular complexity index is 584. The van der Waals surface area contributed by atoms with E-state index < -0.39 is 15.6 Å². The summed E-state index contributed by atoms with van der Waals surface area (Å²) < 4.78 is 26.4. The number of benzene rings is 1. The molecule has 1 fully saturated rings. The van der Waals surface area contributed by atoms with E-state index in [4.69, 9.17) is 0 Å². The molecule has 0 saturated heterocycles. The van der Waals surface area contributed by atoms with Gasteiger partial charge in [-0.25, -0.2) is 13.1 Å². The van der Waals surface area contributed by atoms with Crippen LogP contribution in [0.2, 0.25) is 0 Å². The first kappa shape index (κ1) is 16.2. The van der Waals surface area contributed by atoms with Gasteiger partial charge < -0.3 is 5.11 Å². The van der Waals surface area contributed by atoms with Crippen LogP contribution in [-0.4, -0.2) is 25.7 Å². The molecule has 1 aromatic carbocycles. The maximum absolute atomic E-state index is 11.9. The number of hydrogen-bond donors (Lipinski definition) is 2. The Hall–Kier alpha value is -1.17. The highest BCUT2D eigenvalue weighted by molar-refractivity contribution is 7.92. The van der Waals surface area contributed by atoms with Crippen molar-refractivity contribution >= 4 is 16.1 Å². The van der Waals surface area contributed by atoms with Crippen LogP contribution in [0.25, 0.3) is 6.08 Å². The Balaban J connectivity index is 1.93. The third-order valence-electron chi connectivity index (χ3n) is 3.90. The topological polar surface area (TPSA) is 66.4 Å². The molecule has 0 bridgehead atoms. The van der Waals surface area contributed by atoms with Crippen LogP contribution in [0.5, 0.6) is 0 Å². The van der Waals surface area contributed by atoms with Crippen molar-refractivity contribution in [3.05, 3.63) is 40.8 Å². The van der Waals surface area contributed by atoms with Gasteiger partial charge in [0.2, 0.25) is 10.0 Å². The van der Waals surface area contributed by atoms with Crippen molar-refractivity contribution < 1.29 is 13.5 Å². The lowest BCUT2D eigenvalue weighted by Crippen LogP contribution is -2.43. The summed E-state index contributed by atoms with van der Waals surface area (Å²) in [5.41, 5.74) is 1.08. The average molecular weight is 309 g/mol. The largest absolute Gasteiger partial charge is 0.389 e. The number of nitrogens with one attached hydrogen (secondary N) is 1. The molecule has 0 aromatic heterocycles. The van der Waals surface area contributed by atoms with E-state index in [9.17, 15) is 13.5 Å². The van der Waals surface area contributed by atoms with E-state index in [2.05, 4.69) is 4.72 Å². The first-order chi connectivity index (χ1) is 9.89. The van der Waals surface area contributed by atoms with Gasteiger partial charge in [0, 0.05) is 12.0 Å². The molecular weight excluding hydrogens is 286 g/mol. The number of hydrogen-bond acceptors (Lipinski definition) is 3. The molecule has 0 aliphatic heterocycles. The second kappa shape index (κ2) is 6.73. The van der Waals surface area contributed by atoms with Crippen molar-refractivity contribution in [2.75, 3.05) is 6.54 Å². The van der Waals surface area contributed by atoms with Crippen LogP contribution < -0.4 is 4.72 Å². The van der Waals surface area contributed by atoms with Crippen molar-refractivity contribution in [1.29, 1.82) is 0 Å². The average Bonchev–Trinajstić information content (AvgIpc) is 2.46. The fourth-order valence-corrected chi connectivity index (χ4v) is 3.42. The molecule has 1 aliphatic carbocycles. The standard InChI is InChI=1S/C16H23NO3S/c1-14-5-7-15(8-6-14)9-12-21(19,20)17-13-16(18)10-3-2-4-11-16/h5-9,12,17-18H,2-4,10-11,13H2,1H3/b12-9+. The molecular formula is C16H23NO3S. The monoisotopic (exact) mass is 309 g/mol. The molecule has 0 radical (unpaired) electrons. The van der Waals surface area contributed by atoms with Gasteiger partial charge >= 0.3 is 0 Å². The fraction of sp³-hybridized carbons (Fsp3) is 0.500. The third-order valence-corrected chi connectivity index (χ3v) is 4.94. The molecule has 0 spiro atoms. The molecule has 5 heteroatoms. The van der Waals surface area contributed by atoms with E-state index in [1.807, 2.05) is 31.2 Å². The van der Waals surface area contributed by atoms with Gasteiger partial charge in [0.25, 0.3) is 0 Å². The summed E-state index contributed by atoms with van der Waals surface area (Å²) in [6, 6.07) is 7.61. The van der Waals surface area contributed by atoms with Crippen LogP contribution in [0.15, 0.2) is 29.7 Å². The third kappa shape index (κ3) is 5.26. The zero-order valence-electron chi connectivity index (χ0n) is 12.4. The first-order valence-electron chi connectivity index (χ1n) is 7.35. The second-order valence-corrected chi connectivity index (χ2v) is 7.52. The molecule has 1 aliphatic rings. The van der Waals surface area contributed by atoms with E-state index in [1.54, 1.807) is 6.08 Å². The van der Waals surface area contributed by atoms with E-state index in [0.717, 1.165) is 35.8 Å². The van der Waals surface area contributed by atoms with Crippen LogP contribution in [0, 0.1) is 6.92 Å². The van der Waals surface area contributed by atoms with E-state index >= 15 is 0 Å². The Labute approximate surface area is 126 Å². The summed E-state index contributed by atoms with van der Waals surface area (Å²) >= 11 is 0. The lowest BCUT2D eigenvalue weighted by atomic mass is 9.85. The molecule has 0 unspecified atom stereocenters. The quantitative estimate of drug-likeness (QED) is 0.878. The summed E-state index contributed by atoms with van der Waals surface area (Å²) in [7, 11) is -3.52. The molecule has 0 amide bonds. The summed E-state index contributed by atoms with van der Waals surface area (Å²) in [6.07, 6.45) is 5.92. The Morgan fingerprint density at radius 3 is 2.43 bits per heavy atom. The van der Waals surface area contributed by atoms with Crippen LogP contribution in [0.4, 0.5) is 0 Å². The minimum atomic E-state index is -3.52. The Morgan fingerprint density at radius 1 is 1.19 bits per heavy atom. The lowest BCUT2D eigenvalue weighted by molar-refractivity contribution is 0.00952. The Kier molecular flexibility index (Phi) is 5.19. The first-order valence-corrected chi connectivity index (χ1v) is 8.90. The summed E-state index contributed by atoms with van der Waals surface area (Å²) in [5.74, 6) is 0. The minimum absolute atomic E-state index is 0.0908. The maximum atomic E-state index is 11.9. The smallest absolute Gasteiger partial charge is 0.233 e. The van der Waals surface area contributed by atoms with Gasteiger partial charge in [-0.1, -0.05) is 49.1 Å². The van der Waals surface area contributed by atoms with Crippen LogP contribution >= 0.6 is 0 Å². The normalized spacial score (nSPS) is 19.0. The second-order valence-electron chi connectivity index (χ2n) is 5.86. The van der Waals surface area contributed by atoms with Gasteiger partial charge in [-0.3, -0.25) is 0 Å². The van der Waals surface area contributed by atoms with Crippen molar-refractivity contribution in [2.45, 2.75) is 44.6 Å². The number of aliphatic hydroxyl groups is 1. The van der Waals surface area contributed by atoms with Crippen molar-refractivity contribution in [2.24, 2.45) is 0 Å². The van der Waals surface area contributed by atoms with Gasteiger partial charge in [0.15, 0.2) is 0 Å². The fourth-order valence-electron chi connectivity index (χ4n) is 2.52. The van der Waals surface area contributed by atoms with E-state index in [1.165, 1.54) is 0 Å². The Morgan fingerprint density at radius 2 is 1.81 bits per heavy atom. The highest BCUT2D eigenvalue weighted by atomic mass is 32.2. The van der Waals surface area contributed by atoms with Crippen LogP contribution in [0.3, 0.4) is 0 Å². The SMILES string of the molecule is Cc1ccc(/C=C/S(=O)(=O)NCC2(O)CCCCC2)cc1.